The largest absolute Gasteiger partial charge is 0.435 e. The highest BCUT2D eigenvalue weighted by atomic mass is 19.3. The Bertz CT molecular complexity index is 785. The molecule has 0 aliphatic heterocycles. The van der Waals surface area contributed by atoms with Gasteiger partial charge in [-0.25, -0.2) is 0 Å². The van der Waals surface area contributed by atoms with Crippen molar-refractivity contribution >= 4 is 23.6 Å². The maximum atomic E-state index is 12.1. The Morgan fingerprint density at radius 3 is 2.60 bits per heavy atom. The van der Waals surface area contributed by atoms with Gasteiger partial charge in [-0.1, -0.05) is 12.1 Å². The lowest BCUT2D eigenvalue weighted by Crippen LogP contribution is -2.16. The summed E-state index contributed by atoms with van der Waals surface area (Å²) >= 11 is 0. The standard InChI is InChI=1S/C16H16F2N4O3/c1-2-22-9-12(14(21-22)15(19)24)20-13(23)8-5-10-3-6-11(7-4-10)25-16(17)18/h3-9,16H,2H2,1H3,(H2,19,24)(H,20,23)/b8-5-. The van der Waals surface area contributed by atoms with Gasteiger partial charge in [-0.05, 0) is 30.7 Å². The summed E-state index contributed by atoms with van der Waals surface area (Å²) < 4.78 is 29.8. The zero-order chi connectivity index (χ0) is 18.4. The van der Waals surface area contributed by atoms with Crippen molar-refractivity contribution in [3.05, 3.63) is 47.8 Å². The van der Waals surface area contributed by atoms with Gasteiger partial charge in [-0.2, -0.15) is 13.9 Å². The minimum atomic E-state index is -2.89. The summed E-state index contributed by atoms with van der Waals surface area (Å²) in [7, 11) is 0. The summed E-state index contributed by atoms with van der Waals surface area (Å²) in [4.78, 5) is 23.3. The molecule has 0 fully saturated rings. The van der Waals surface area contributed by atoms with Gasteiger partial charge < -0.3 is 15.8 Å². The zero-order valence-electron chi connectivity index (χ0n) is 13.3. The van der Waals surface area contributed by atoms with Crippen molar-refractivity contribution in [2.75, 3.05) is 5.32 Å². The molecule has 3 N–H and O–H groups in total. The van der Waals surface area contributed by atoms with Crippen molar-refractivity contribution in [2.45, 2.75) is 20.1 Å². The number of amides is 2. The first-order valence-corrected chi connectivity index (χ1v) is 7.30. The second-order valence-corrected chi connectivity index (χ2v) is 4.88. The van der Waals surface area contributed by atoms with Gasteiger partial charge >= 0.3 is 6.61 Å². The smallest absolute Gasteiger partial charge is 0.387 e. The fourth-order valence-corrected chi connectivity index (χ4v) is 1.96. The van der Waals surface area contributed by atoms with Crippen LogP contribution in [0.4, 0.5) is 14.5 Å². The molecule has 132 valence electrons. The van der Waals surface area contributed by atoms with Gasteiger partial charge in [-0.15, -0.1) is 0 Å². The van der Waals surface area contributed by atoms with Gasteiger partial charge in [0, 0.05) is 18.8 Å². The third kappa shape index (κ3) is 5.13. The molecule has 7 nitrogen and oxygen atoms in total. The van der Waals surface area contributed by atoms with E-state index in [1.807, 2.05) is 6.92 Å². The van der Waals surface area contributed by atoms with Crippen LogP contribution >= 0.6 is 0 Å². The number of aromatic nitrogens is 2. The first-order chi connectivity index (χ1) is 11.9. The molecule has 9 heteroatoms. The highest BCUT2D eigenvalue weighted by molar-refractivity contribution is 6.06. The van der Waals surface area contributed by atoms with Crippen LogP contribution in [0.25, 0.3) is 6.08 Å². The second kappa shape index (κ2) is 8.04. The van der Waals surface area contributed by atoms with E-state index in [0.29, 0.717) is 12.1 Å². The molecule has 2 rings (SSSR count). The number of benzene rings is 1. The molecule has 0 aliphatic carbocycles. The third-order valence-electron chi connectivity index (χ3n) is 3.11. The number of halogens is 2. The van der Waals surface area contributed by atoms with Gasteiger partial charge in [0.25, 0.3) is 5.91 Å². The average Bonchev–Trinajstić information content (AvgIpc) is 2.97. The highest BCUT2D eigenvalue weighted by Crippen LogP contribution is 2.16. The van der Waals surface area contributed by atoms with Crippen molar-refractivity contribution in [3.63, 3.8) is 0 Å². The molecule has 1 aromatic carbocycles. The Morgan fingerprint density at radius 2 is 2.04 bits per heavy atom. The molecule has 0 bridgehead atoms. The van der Waals surface area contributed by atoms with Gasteiger partial charge in [-0.3, -0.25) is 14.3 Å². The number of hydrogen-bond donors (Lipinski definition) is 2. The predicted octanol–water partition coefficient (Wildman–Crippen LogP) is 2.26. The lowest BCUT2D eigenvalue weighted by molar-refractivity contribution is -0.111. The Kier molecular flexibility index (Phi) is 5.83. The number of primary amides is 1. The summed E-state index contributed by atoms with van der Waals surface area (Å²) in [5.41, 5.74) is 6.01. The lowest BCUT2D eigenvalue weighted by Gasteiger charge is -2.03. The number of rotatable bonds is 7. The second-order valence-electron chi connectivity index (χ2n) is 4.88. The molecule has 0 atom stereocenters. The summed E-state index contributed by atoms with van der Waals surface area (Å²) in [6.07, 6.45) is 4.22. The maximum Gasteiger partial charge on any atom is 0.387 e. The maximum absolute atomic E-state index is 12.1. The van der Waals surface area contributed by atoms with E-state index >= 15 is 0 Å². The van der Waals surface area contributed by atoms with Crippen molar-refractivity contribution in [3.8, 4) is 5.75 Å². The fourth-order valence-electron chi connectivity index (χ4n) is 1.96. The van der Waals surface area contributed by atoms with Crippen LogP contribution in [0.3, 0.4) is 0 Å². The molecule has 0 saturated heterocycles. The van der Waals surface area contributed by atoms with Crippen LogP contribution in [-0.4, -0.2) is 28.2 Å². The van der Waals surface area contributed by atoms with Gasteiger partial charge in [0.2, 0.25) is 5.91 Å². The number of nitrogens with zero attached hydrogens (tertiary/aromatic N) is 2. The molecule has 25 heavy (non-hydrogen) atoms. The van der Waals surface area contributed by atoms with E-state index in [0.717, 1.165) is 0 Å². The number of alkyl halides is 2. The van der Waals surface area contributed by atoms with Crippen LogP contribution in [0.15, 0.2) is 36.5 Å². The van der Waals surface area contributed by atoms with E-state index in [1.165, 1.54) is 47.3 Å². The van der Waals surface area contributed by atoms with Gasteiger partial charge in [0.05, 0.1) is 5.69 Å². The molecule has 0 radical (unpaired) electrons. The molecule has 2 amide bonds. The van der Waals surface area contributed by atoms with Gasteiger partial charge in [0.1, 0.15) is 5.75 Å². The van der Waals surface area contributed by atoms with E-state index in [4.69, 9.17) is 5.73 Å². The van der Waals surface area contributed by atoms with Crippen molar-refractivity contribution in [1.82, 2.24) is 9.78 Å². The number of hydrogen-bond acceptors (Lipinski definition) is 4. The van der Waals surface area contributed by atoms with Gasteiger partial charge in [0.15, 0.2) is 5.69 Å². The first-order valence-electron chi connectivity index (χ1n) is 7.30. The van der Waals surface area contributed by atoms with Crippen LogP contribution < -0.4 is 15.8 Å². The Balaban J connectivity index is 2.03. The third-order valence-corrected chi connectivity index (χ3v) is 3.11. The minimum Gasteiger partial charge on any atom is -0.435 e. The molecule has 1 aromatic heterocycles. The van der Waals surface area contributed by atoms with Crippen LogP contribution in [0.2, 0.25) is 0 Å². The van der Waals surface area contributed by atoms with Crippen molar-refractivity contribution < 1.29 is 23.1 Å². The first kappa shape index (κ1) is 18.1. The number of nitrogens with one attached hydrogen (secondary N) is 1. The predicted molar refractivity (Wildman–Crippen MR) is 87.2 cm³/mol. The van der Waals surface area contributed by atoms with E-state index < -0.39 is 18.4 Å². The Hall–Kier alpha value is -3.23. The summed E-state index contributed by atoms with van der Waals surface area (Å²) in [5, 5.41) is 6.48. The normalized spacial score (nSPS) is 11.0. The van der Waals surface area contributed by atoms with E-state index in [2.05, 4.69) is 15.2 Å². The molecular formula is C16H16F2N4O3. The SMILES string of the molecule is CCn1cc(NC(=O)/C=C\c2ccc(OC(F)F)cc2)c(C(N)=O)n1. The highest BCUT2D eigenvalue weighted by Gasteiger charge is 2.15. The molecule has 0 spiro atoms. The molecular weight excluding hydrogens is 334 g/mol. The van der Waals surface area contributed by atoms with E-state index in [-0.39, 0.29) is 17.1 Å². The number of ether oxygens (including phenoxy) is 1. The molecule has 0 aliphatic rings. The average molecular weight is 350 g/mol. The lowest BCUT2D eigenvalue weighted by atomic mass is 10.2. The minimum absolute atomic E-state index is 0.0229. The van der Waals surface area contributed by atoms with E-state index in [9.17, 15) is 18.4 Å². The van der Waals surface area contributed by atoms with Crippen molar-refractivity contribution in [2.24, 2.45) is 5.73 Å². The Labute approximate surface area is 142 Å². The summed E-state index contributed by atoms with van der Waals surface area (Å²) in [5.74, 6) is -1.22. The molecule has 2 aromatic rings. The summed E-state index contributed by atoms with van der Waals surface area (Å²) in [6, 6.07) is 5.76. The molecule has 1 heterocycles. The monoisotopic (exact) mass is 350 g/mol. The van der Waals surface area contributed by atoms with Crippen LogP contribution in [-0.2, 0) is 11.3 Å². The van der Waals surface area contributed by atoms with E-state index in [1.54, 1.807) is 0 Å². The van der Waals surface area contributed by atoms with Crippen LogP contribution in [0, 0.1) is 0 Å². The molecule has 0 saturated carbocycles. The van der Waals surface area contributed by atoms with Crippen LogP contribution in [0.1, 0.15) is 23.0 Å². The van der Waals surface area contributed by atoms with Crippen molar-refractivity contribution in [1.29, 1.82) is 0 Å². The summed E-state index contributed by atoms with van der Waals surface area (Å²) in [6.45, 7) is -0.556. The fraction of sp³-hybridized carbons (Fsp3) is 0.188. The number of nitrogens with two attached hydrogens (primary N) is 1. The number of aryl methyl sites for hydroxylation is 1. The number of carbonyl (C=O) groups is 2. The Morgan fingerprint density at radius 1 is 1.36 bits per heavy atom. The number of carbonyl (C=O) groups excluding carboxylic acids is 2. The topological polar surface area (TPSA) is 99.2 Å². The molecule has 0 unspecified atom stereocenters. The quantitative estimate of drug-likeness (QED) is 0.748. The number of anilines is 1. The van der Waals surface area contributed by atoms with Crippen LogP contribution in [0.5, 0.6) is 5.75 Å². The zero-order valence-corrected chi connectivity index (χ0v) is 13.3.